The van der Waals surface area contributed by atoms with E-state index < -0.39 is 11.7 Å². The van der Waals surface area contributed by atoms with Crippen LogP contribution >= 0.6 is 0 Å². The molecule has 0 bridgehead atoms. The number of aromatic amines is 1. The van der Waals surface area contributed by atoms with E-state index in [0.717, 1.165) is 38.1 Å². The Morgan fingerprint density at radius 1 is 1.09 bits per heavy atom. The van der Waals surface area contributed by atoms with Crippen molar-refractivity contribution < 1.29 is 18.0 Å². The molecule has 2 aliphatic heterocycles. The van der Waals surface area contributed by atoms with Gasteiger partial charge in [-0.25, -0.2) is 4.98 Å². The Labute approximate surface area is 201 Å². The van der Waals surface area contributed by atoms with Gasteiger partial charge >= 0.3 is 6.18 Å². The molecule has 10 heteroatoms. The summed E-state index contributed by atoms with van der Waals surface area (Å²) >= 11 is 0. The summed E-state index contributed by atoms with van der Waals surface area (Å²) in [5, 5.41) is 10.4. The van der Waals surface area contributed by atoms with Crippen molar-refractivity contribution in [2.75, 3.05) is 26.2 Å². The number of rotatable bonds is 4. The van der Waals surface area contributed by atoms with Crippen molar-refractivity contribution in [1.29, 1.82) is 0 Å². The number of benzene rings is 1. The number of alkyl halides is 3. The van der Waals surface area contributed by atoms with E-state index in [4.69, 9.17) is 0 Å². The second-order valence-corrected chi connectivity index (χ2v) is 9.25. The summed E-state index contributed by atoms with van der Waals surface area (Å²) in [6.45, 7) is 5.36. The third kappa shape index (κ3) is 4.80. The maximum atomic E-state index is 13.5. The first kappa shape index (κ1) is 23.5. The van der Waals surface area contributed by atoms with Gasteiger partial charge in [-0.15, -0.1) is 0 Å². The quantitative estimate of drug-likeness (QED) is 0.588. The van der Waals surface area contributed by atoms with E-state index in [2.05, 4.69) is 25.3 Å². The smallest absolute Gasteiger partial charge is 0.337 e. The summed E-state index contributed by atoms with van der Waals surface area (Å²) in [4.78, 5) is 22.5. The molecule has 0 saturated carbocycles. The number of hydrogen-bond donors (Lipinski definition) is 1. The van der Waals surface area contributed by atoms with Crippen molar-refractivity contribution in [3.8, 4) is 22.5 Å². The van der Waals surface area contributed by atoms with Gasteiger partial charge in [-0.2, -0.15) is 28.6 Å². The summed E-state index contributed by atoms with van der Waals surface area (Å²) in [5.74, 6) is -0.164. The largest absolute Gasteiger partial charge is 0.416 e. The van der Waals surface area contributed by atoms with E-state index >= 15 is 0 Å². The number of carbonyl (C=O) groups is 1. The lowest BCUT2D eigenvalue weighted by molar-refractivity contribution is -0.137. The molecule has 184 valence electrons. The lowest BCUT2D eigenvalue weighted by Crippen LogP contribution is -2.46. The molecule has 1 amide bonds. The monoisotopic (exact) mass is 484 g/mol. The van der Waals surface area contributed by atoms with Crippen LogP contribution in [0.3, 0.4) is 0 Å². The highest BCUT2D eigenvalue weighted by atomic mass is 19.4. The van der Waals surface area contributed by atoms with Crippen molar-refractivity contribution in [3.05, 3.63) is 53.3 Å². The van der Waals surface area contributed by atoms with E-state index in [0.29, 0.717) is 52.9 Å². The first-order chi connectivity index (χ1) is 16.8. The van der Waals surface area contributed by atoms with Crippen LogP contribution in [-0.2, 0) is 6.18 Å². The van der Waals surface area contributed by atoms with Gasteiger partial charge in [-0.05, 0) is 75.0 Å². The Kier molecular flexibility index (Phi) is 6.31. The van der Waals surface area contributed by atoms with Crippen molar-refractivity contribution in [1.82, 2.24) is 30.2 Å². The van der Waals surface area contributed by atoms with Gasteiger partial charge in [0, 0.05) is 24.7 Å². The van der Waals surface area contributed by atoms with Gasteiger partial charge in [0.1, 0.15) is 17.1 Å². The van der Waals surface area contributed by atoms with E-state index in [1.54, 1.807) is 19.1 Å². The van der Waals surface area contributed by atoms with Crippen LogP contribution in [0.4, 0.5) is 13.2 Å². The van der Waals surface area contributed by atoms with E-state index in [9.17, 15) is 18.0 Å². The number of H-pyrrole nitrogens is 1. The Hall–Kier alpha value is -3.27. The molecule has 2 aromatic heterocycles. The van der Waals surface area contributed by atoms with Crippen molar-refractivity contribution >= 4 is 5.91 Å². The average molecular weight is 485 g/mol. The third-order valence-electron chi connectivity index (χ3n) is 6.98. The normalized spacial score (nSPS) is 17.8. The minimum absolute atomic E-state index is 0.164. The summed E-state index contributed by atoms with van der Waals surface area (Å²) in [5.41, 5.74) is 1.64. The fraction of sp³-hybridized carbons (Fsp3) is 0.440. The Balaban J connectivity index is 1.46. The number of piperidine rings is 1. The number of likely N-dealkylation sites (tertiary alicyclic amines) is 2. The Morgan fingerprint density at radius 2 is 1.83 bits per heavy atom. The third-order valence-corrected chi connectivity index (χ3v) is 6.98. The highest BCUT2D eigenvalue weighted by molar-refractivity contribution is 5.96. The molecule has 5 rings (SSSR count). The number of aryl methyl sites for hydroxylation is 1. The predicted molar refractivity (Wildman–Crippen MR) is 125 cm³/mol. The van der Waals surface area contributed by atoms with Gasteiger partial charge in [-0.1, -0.05) is 12.1 Å². The number of amides is 1. The van der Waals surface area contributed by atoms with Crippen LogP contribution < -0.4 is 0 Å². The second-order valence-electron chi connectivity index (χ2n) is 9.25. The molecule has 7 nitrogen and oxygen atoms in total. The molecule has 2 saturated heterocycles. The predicted octanol–water partition coefficient (Wildman–Crippen LogP) is 4.56. The molecule has 0 aliphatic carbocycles. The van der Waals surface area contributed by atoms with Gasteiger partial charge in [0.25, 0.3) is 5.91 Å². The van der Waals surface area contributed by atoms with Crippen LogP contribution in [0.5, 0.6) is 0 Å². The first-order valence-electron chi connectivity index (χ1n) is 11.9. The van der Waals surface area contributed by atoms with Gasteiger partial charge in [0.2, 0.25) is 0 Å². The van der Waals surface area contributed by atoms with Crippen molar-refractivity contribution in [2.24, 2.45) is 0 Å². The fourth-order valence-corrected chi connectivity index (χ4v) is 5.11. The number of halogens is 3. The lowest BCUT2D eigenvalue weighted by atomic mass is 9.97. The van der Waals surface area contributed by atoms with Gasteiger partial charge in [0.15, 0.2) is 0 Å². The topological polar surface area (TPSA) is 78.0 Å². The average Bonchev–Trinajstić information content (AvgIpc) is 3.58. The molecule has 2 fully saturated rings. The van der Waals surface area contributed by atoms with Gasteiger partial charge in [0.05, 0.1) is 11.8 Å². The molecule has 0 radical (unpaired) electrons. The molecule has 0 atom stereocenters. The van der Waals surface area contributed by atoms with Crippen molar-refractivity contribution in [3.63, 3.8) is 0 Å². The van der Waals surface area contributed by atoms with Crippen LogP contribution in [0, 0.1) is 6.92 Å². The van der Waals surface area contributed by atoms with Crippen LogP contribution in [0.2, 0.25) is 0 Å². The number of nitrogens with zero attached hydrogens (tertiary/aromatic N) is 5. The minimum Gasteiger partial charge on any atom is -0.337 e. The molecular formula is C25H27F3N6O. The summed E-state index contributed by atoms with van der Waals surface area (Å²) < 4.78 is 40.0. The molecule has 2 aliphatic rings. The standard InChI is InChI=1S/C25H27F3N6O/c1-16-13-20(17-5-4-6-18(14-17)25(26,27)28)23(21-15-29-32-31-21)30-22(16)24(35)34-11-7-19(8-12-34)33-9-2-3-10-33/h4-6,13-15,19H,2-3,7-12H2,1H3,(H,29,31,32). The maximum absolute atomic E-state index is 13.5. The maximum Gasteiger partial charge on any atom is 0.416 e. The molecule has 1 aromatic carbocycles. The molecule has 0 spiro atoms. The van der Waals surface area contributed by atoms with Crippen LogP contribution in [0.25, 0.3) is 22.5 Å². The minimum atomic E-state index is -4.47. The molecular weight excluding hydrogens is 457 g/mol. The zero-order chi connectivity index (χ0) is 24.6. The lowest BCUT2D eigenvalue weighted by Gasteiger charge is -2.36. The van der Waals surface area contributed by atoms with E-state index in [1.165, 1.54) is 25.1 Å². The van der Waals surface area contributed by atoms with Crippen LogP contribution in [0.1, 0.15) is 47.3 Å². The van der Waals surface area contributed by atoms with E-state index in [1.807, 2.05) is 4.90 Å². The highest BCUT2D eigenvalue weighted by Crippen LogP contribution is 2.36. The zero-order valence-electron chi connectivity index (χ0n) is 19.5. The Morgan fingerprint density at radius 3 is 2.49 bits per heavy atom. The highest BCUT2D eigenvalue weighted by Gasteiger charge is 2.32. The number of pyridine rings is 1. The number of nitrogens with one attached hydrogen (secondary N) is 1. The molecule has 4 heterocycles. The zero-order valence-corrected chi connectivity index (χ0v) is 19.5. The summed E-state index contributed by atoms with van der Waals surface area (Å²) in [6, 6.07) is 7.32. The fourth-order valence-electron chi connectivity index (χ4n) is 5.11. The molecule has 0 unspecified atom stereocenters. The summed E-state index contributed by atoms with van der Waals surface area (Å²) in [7, 11) is 0. The van der Waals surface area contributed by atoms with Crippen LogP contribution in [0.15, 0.2) is 36.5 Å². The van der Waals surface area contributed by atoms with Crippen molar-refractivity contribution in [2.45, 2.75) is 44.8 Å². The summed E-state index contributed by atoms with van der Waals surface area (Å²) in [6.07, 6.45) is 1.33. The number of aromatic nitrogens is 4. The molecule has 35 heavy (non-hydrogen) atoms. The van der Waals surface area contributed by atoms with Crippen LogP contribution in [-0.4, -0.2) is 68.3 Å². The van der Waals surface area contributed by atoms with Gasteiger partial charge in [-0.3, -0.25) is 4.79 Å². The van der Waals surface area contributed by atoms with Gasteiger partial charge < -0.3 is 9.80 Å². The van der Waals surface area contributed by atoms with E-state index in [-0.39, 0.29) is 5.91 Å². The molecule has 1 N–H and O–H groups in total. The molecule has 3 aromatic rings. The second kappa shape index (κ2) is 9.41. The first-order valence-corrected chi connectivity index (χ1v) is 11.9. The Bertz CT molecular complexity index is 1200. The number of hydrogen-bond acceptors (Lipinski definition) is 5. The number of carbonyl (C=O) groups excluding carboxylic acids is 1. The SMILES string of the molecule is Cc1cc(-c2cccc(C(F)(F)F)c2)c(-c2cn[nH]n2)nc1C(=O)N1CCC(N2CCCC2)CC1.